The highest BCUT2D eigenvalue weighted by atomic mass is 32.2. The van der Waals surface area contributed by atoms with Crippen LogP contribution in [0.5, 0.6) is 5.75 Å². The van der Waals surface area contributed by atoms with E-state index in [0.29, 0.717) is 11.8 Å². The first-order valence-corrected chi connectivity index (χ1v) is 18.1. The number of carbonyl (C=O) groups excluding carboxylic acids is 1. The molecule has 234 valence electrons. The zero-order chi connectivity index (χ0) is 30.3. The van der Waals surface area contributed by atoms with Gasteiger partial charge in [-0.05, 0) is 101 Å². The van der Waals surface area contributed by atoms with E-state index in [4.69, 9.17) is 22.8 Å². The van der Waals surface area contributed by atoms with E-state index in [9.17, 15) is 4.79 Å². The van der Waals surface area contributed by atoms with Crippen molar-refractivity contribution in [2.75, 3.05) is 53.0 Å². The fraction of sp³-hybridized carbons (Fsp3) is 0.677. The molecule has 9 nitrogen and oxygen atoms in total. The fourth-order valence-electron chi connectivity index (χ4n) is 6.43. The summed E-state index contributed by atoms with van der Waals surface area (Å²) >= 11 is 2.01. The lowest BCUT2D eigenvalue weighted by Gasteiger charge is -2.52. The van der Waals surface area contributed by atoms with Crippen LogP contribution in [0.3, 0.4) is 0 Å². The van der Waals surface area contributed by atoms with Crippen molar-refractivity contribution in [2.24, 2.45) is 11.8 Å². The van der Waals surface area contributed by atoms with Crippen molar-refractivity contribution in [3.8, 4) is 5.75 Å². The number of rotatable bonds is 14. The van der Waals surface area contributed by atoms with Crippen LogP contribution in [0.2, 0.25) is 6.04 Å². The number of amides is 1. The Hall–Kier alpha value is -1.89. The number of aromatic nitrogens is 1. The van der Waals surface area contributed by atoms with E-state index in [0.717, 1.165) is 65.7 Å². The van der Waals surface area contributed by atoms with Crippen molar-refractivity contribution in [3.63, 3.8) is 0 Å². The van der Waals surface area contributed by atoms with Crippen molar-refractivity contribution in [2.45, 2.75) is 70.2 Å². The second-order valence-corrected chi connectivity index (χ2v) is 16.7. The highest BCUT2D eigenvalue weighted by Gasteiger charge is 2.45. The van der Waals surface area contributed by atoms with Gasteiger partial charge in [-0.15, -0.1) is 0 Å². The quantitative estimate of drug-likeness (QED) is 0.205. The van der Waals surface area contributed by atoms with E-state index in [2.05, 4.69) is 15.2 Å². The molecule has 3 aliphatic heterocycles. The van der Waals surface area contributed by atoms with Crippen LogP contribution < -0.4 is 10.1 Å². The first kappa shape index (κ1) is 33.0. The first-order valence-electron chi connectivity index (χ1n) is 15.0. The molecule has 0 spiro atoms. The zero-order valence-corrected chi connectivity index (χ0v) is 28.1. The van der Waals surface area contributed by atoms with Gasteiger partial charge in [0.05, 0.1) is 18.7 Å². The number of pyridine rings is 1. The lowest BCUT2D eigenvalue weighted by molar-refractivity contribution is -0.0609. The normalized spacial score (nSPS) is 23.1. The molecule has 1 unspecified atom stereocenters. The molecule has 1 N–H and O–H groups in total. The van der Waals surface area contributed by atoms with Gasteiger partial charge in [0.25, 0.3) is 0 Å². The molecule has 2 aromatic rings. The summed E-state index contributed by atoms with van der Waals surface area (Å²) in [5.41, 5.74) is 1.46. The Labute approximate surface area is 256 Å². The van der Waals surface area contributed by atoms with Gasteiger partial charge in [-0.3, -0.25) is 9.88 Å². The molecule has 2 bridgehead atoms. The number of methoxy groups -OCH3 is 1. The highest BCUT2D eigenvalue weighted by Crippen LogP contribution is 2.44. The summed E-state index contributed by atoms with van der Waals surface area (Å²) < 4.78 is 28.5. The predicted molar refractivity (Wildman–Crippen MR) is 170 cm³/mol. The molecule has 1 amide bonds. The Kier molecular flexibility index (Phi) is 11.6. The molecule has 1 aromatic carbocycles. The summed E-state index contributed by atoms with van der Waals surface area (Å²) in [7, 11) is 4.20. The van der Waals surface area contributed by atoms with Crippen molar-refractivity contribution in [1.82, 2.24) is 15.2 Å². The van der Waals surface area contributed by atoms with Gasteiger partial charge in [-0.2, -0.15) is 11.8 Å². The number of fused-ring (bicyclic) bond motifs is 4. The van der Waals surface area contributed by atoms with E-state index in [1.807, 2.05) is 63.0 Å². The molecular formula is C31H49N3O6SSi. The van der Waals surface area contributed by atoms with Gasteiger partial charge < -0.3 is 28.1 Å². The number of benzene rings is 1. The maximum absolute atomic E-state index is 13.1. The minimum Gasteiger partial charge on any atom is -0.497 e. The second-order valence-electron chi connectivity index (χ2n) is 12.4. The maximum Gasteiger partial charge on any atom is 0.500 e. The van der Waals surface area contributed by atoms with Crippen LogP contribution in [0.15, 0.2) is 30.5 Å². The molecule has 0 saturated carbocycles. The zero-order valence-electron chi connectivity index (χ0n) is 26.3. The molecule has 0 aliphatic carbocycles. The summed E-state index contributed by atoms with van der Waals surface area (Å²) in [6, 6.07) is 8.84. The maximum atomic E-state index is 13.1. The van der Waals surface area contributed by atoms with E-state index in [1.165, 1.54) is 12.8 Å². The summed E-state index contributed by atoms with van der Waals surface area (Å²) in [4.78, 5) is 20.3. The van der Waals surface area contributed by atoms with Crippen molar-refractivity contribution < 1.29 is 27.5 Å². The number of piperidine rings is 3. The summed E-state index contributed by atoms with van der Waals surface area (Å²) in [6.45, 7) is 7.97. The minimum atomic E-state index is -2.49. The van der Waals surface area contributed by atoms with Crippen molar-refractivity contribution >= 4 is 37.6 Å². The smallest absolute Gasteiger partial charge is 0.497 e. The number of nitrogens with one attached hydrogen (secondary N) is 1. The van der Waals surface area contributed by atoms with Gasteiger partial charge in [0.2, 0.25) is 0 Å². The average molecular weight is 620 g/mol. The Bertz CT molecular complexity index is 1170. The Morgan fingerprint density at radius 3 is 2.55 bits per heavy atom. The predicted octanol–water partition coefficient (Wildman–Crippen LogP) is 5.91. The molecule has 3 saturated heterocycles. The van der Waals surface area contributed by atoms with Crippen LogP contribution >= 0.6 is 11.8 Å². The van der Waals surface area contributed by atoms with Gasteiger partial charge in [0.15, 0.2) is 0 Å². The van der Waals surface area contributed by atoms with E-state index in [-0.39, 0.29) is 11.6 Å². The summed E-state index contributed by atoms with van der Waals surface area (Å²) in [5.74, 6) is 4.26. The molecule has 0 radical (unpaired) electrons. The summed E-state index contributed by atoms with van der Waals surface area (Å²) in [6.07, 6.45) is 5.45. The number of hydrogen-bond donors (Lipinski definition) is 1. The average Bonchev–Trinajstić information content (AvgIpc) is 2.99. The lowest BCUT2D eigenvalue weighted by atomic mass is 9.72. The van der Waals surface area contributed by atoms with Crippen LogP contribution in [0.1, 0.15) is 58.1 Å². The van der Waals surface area contributed by atoms with Gasteiger partial charge >= 0.3 is 14.9 Å². The first-order chi connectivity index (χ1) is 20.1. The number of alkyl carbamates (subject to hydrolysis) is 1. The van der Waals surface area contributed by atoms with E-state index in [1.54, 1.807) is 28.4 Å². The number of thioether (sulfide) groups is 1. The third kappa shape index (κ3) is 8.18. The number of nitrogens with zero attached hydrogens (tertiary/aromatic N) is 2. The lowest BCUT2D eigenvalue weighted by Crippen LogP contribution is -2.56. The number of hydrogen-bond acceptors (Lipinski definition) is 9. The highest BCUT2D eigenvalue weighted by molar-refractivity contribution is 7.99. The van der Waals surface area contributed by atoms with Gasteiger partial charge in [0, 0.05) is 56.6 Å². The SMILES string of the molecule is COc1ccc2nccc([C@H](OC(=O)NC(C)(C)C)[C@H]3C[C@@H]4CCN3C[C@@H]4CCSCCC[Si](OC)(OC)OC)c2c1. The standard InChI is InChI=1S/C31H49N3O6SSi/c1-31(2,3)33-30(35)40-29(25-11-14-32-27-10-9-24(36-4)20-26(25)27)28-19-22-12-15-34(28)21-23(22)13-17-41-16-8-18-42(37-5,38-6)39-7/h9-11,14,20,22-23,28-29H,8,12-13,15-19,21H2,1-7H3,(H,33,35)/t22-,23-,28+,29-/m0/s1. The van der Waals surface area contributed by atoms with Crippen LogP contribution in [-0.2, 0) is 18.0 Å². The van der Waals surface area contributed by atoms with E-state index >= 15 is 0 Å². The molecule has 4 heterocycles. The molecule has 42 heavy (non-hydrogen) atoms. The van der Waals surface area contributed by atoms with Crippen LogP contribution in [0.25, 0.3) is 10.9 Å². The second kappa shape index (κ2) is 14.7. The number of ether oxygens (including phenoxy) is 2. The van der Waals surface area contributed by atoms with Crippen molar-refractivity contribution in [3.05, 3.63) is 36.0 Å². The molecule has 5 atom stereocenters. The topological polar surface area (TPSA) is 91.4 Å². The summed E-state index contributed by atoms with van der Waals surface area (Å²) in [5, 5.41) is 3.96. The Morgan fingerprint density at radius 1 is 1.14 bits per heavy atom. The van der Waals surface area contributed by atoms with E-state index < -0.39 is 21.0 Å². The van der Waals surface area contributed by atoms with Crippen molar-refractivity contribution in [1.29, 1.82) is 0 Å². The molecule has 11 heteroatoms. The van der Waals surface area contributed by atoms with Crippen LogP contribution in [-0.4, -0.2) is 89.4 Å². The van der Waals surface area contributed by atoms with Crippen LogP contribution in [0.4, 0.5) is 4.79 Å². The number of carbonyl (C=O) groups is 1. The third-order valence-corrected chi connectivity index (χ3v) is 12.6. The van der Waals surface area contributed by atoms with Gasteiger partial charge in [-0.25, -0.2) is 4.79 Å². The molecule has 3 aliphatic rings. The third-order valence-electron chi connectivity index (χ3n) is 8.62. The molecule has 1 aromatic heterocycles. The Balaban J connectivity index is 1.43. The Morgan fingerprint density at radius 2 is 1.90 bits per heavy atom. The monoisotopic (exact) mass is 619 g/mol. The van der Waals surface area contributed by atoms with Crippen LogP contribution in [0, 0.1) is 11.8 Å². The largest absolute Gasteiger partial charge is 0.500 e. The fourth-order valence-corrected chi connectivity index (χ4v) is 9.43. The molecular weight excluding hydrogens is 571 g/mol. The molecule has 5 rings (SSSR count). The van der Waals surface area contributed by atoms with Gasteiger partial charge in [0.1, 0.15) is 11.9 Å². The molecule has 3 fully saturated rings. The minimum absolute atomic E-state index is 0.116. The van der Waals surface area contributed by atoms with Gasteiger partial charge in [-0.1, -0.05) is 0 Å².